The third-order valence-electron chi connectivity index (χ3n) is 1.20. The fourth-order valence-electron chi connectivity index (χ4n) is 0.497. The molecule has 0 bridgehead atoms. The molecule has 1 radical (unpaired) electrons. The van der Waals surface area contributed by atoms with Crippen molar-refractivity contribution in [2.45, 2.75) is 20.3 Å². The minimum absolute atomic E-state index is 0.667. The third kappa shape index (κ3) is 5.34. The molecule has 0 aliphatic rings. The zero-order valence-electron chi connectivity index (χ0n) is 6.35. The van der Waals surface area contributed by atoms with Crippen molar-refractivity contribution in [3.05, 3.63) is 0 Å². The molecule has 0 rings (SSSR count). The van der Waals surface area contributed by atoms with Gasteiger partial charge in [-0.1, -0.05) is 13.8 Å². The lowest BCUT2D eigenvalue weighted by Crippen LogP contribution is -2.18. The minimum atomic E-state index is 0.667. The van der Waals surface area contributed by atoms with Gasteiger partial charge >= 0.3 is 6.41 Å². The summed E-state index contributed by atoms with van der Waals surface area (Å²) < 4.78 is 0. The van der Waals surface area contributed by atoms with Gasteiger partial charge in [0.15, 0.2) is 0 Å². The van der Waals surface area contributed by atoms with Crippen LogP contribution in [0.4, 0.5) is 0 Å². The lowest BCUT2D eigenvalue weighted by molar-refractivity contribution is 0.401. The lowest BCUT2D eigenvalue weighted by atomic mass is 10.1. The highest BCUT2D eigenvalue weighted by atomic mass is 16.1. The van der Waals surface area contributed by atoms with E-state index < -0.39 is 0 Å². The van der Waals surface area contributed by atoms with Crippen molar-refractivity contribution in [1.29, 1.82) is 0 Å². The lowest BCUT2D eigenvalue weighted by Gasteiger charge is -2.09. The van der Waals surface area contributed by atoms with Gasteiger partial charge in [0.2, 0.25) is 0 Å². The highest BCUT2D eigenvalue weighted by Gasteiger charge is 1.96. The van der Waals surface area contributed by atoms with Crippen molar-refractivity contribution < 1.29 is 4.79 Å². The molecule has 53 valence electrons. The van der Waals surface area contributed by atoms with Gasteiger partial charge in [0.1, 0.15) is 0 Å². The van der Waals surface area contributed by atoms with Gasteiger partial charge in [0.25, 0.3) is 0 Å². The molecular weight excluding hydrogens is 114 g/mol. The van der Waals surface area contributed by atoms with Crippen LogP contribution in [0.5, 0.6) is 0 Å². The third-order valence-corrected chi connectivity index (χ3v) is 1.20. The molecule has 0 aromatic rings. The SMILES string of the molecule is CC(C)CCN(C)[C]=O. The smallest absolute Gasteiger partial charge is 0.311 e. The van der Waals surface area contributed by atoms with Crippen LogP contribution < -0.4 is 0 Å². The number of hydrogen-bond donors (Lipinski definition) is 0. The highest BCUT2D eigenvalue weighted by Crippen LogP contribution is 1.98. The van der Waals surface area contributed by atoms with Gasteiger partial charge in [-0.25, -0.2) is 0 Å². The largest absolute Gasteiger partial charge is 0.338 e. The Balaban J connectivity index is 3.16. The van der Waals surface area contributed by atoms with Gasteiger partial charge in [-0.15, -0.1) is 0 Å². The highest BCUT2D eigenvalue weighted by molar-refractivity contribution is 5.47. The topological polar surface area (TPSA) is 20.3 Å². The quantitative estimate of drug-likeness (QED) is 0.518. The van der Waals surface area contributed by atoms with E-state index in [9.17, 15) is 4.79 Å². The predicted octanol–water partition coefficient (Wildman–Crippen LogP) is 1.03. The summed E-state index contributed by atoms with van der Waals surface area (Å²) in [5.41, 5.74) is 0. The normalized spacial score (nSPS) is 9.78. The van der Waals surface area contributed by atoms with Gasteiger partial charge in [-0.05, 0) is 12.3 Å². The summed E-state index contributed by atoms with van der Waals surface area (Å²) >= 11 is 0. The molecule has 9 heavy (non-hydrogen) atoms. The van der Waals surface area contributed by atoms with Crippen molar-refractivity contribution in [2.24, 2.45) is 5.92 Å². The van der Waals surface area contributed by atoms with Gasteiger partial charge < -0.3 is 4.90 Å². The van der Waals surface area contributed by atoms with Crippen molar-refractivity contribution in [3.63, 3.8) is 0 Å². The van der Waals surface area contributed by atoms with Gasteiger partial charge in [-0.3, -0.25) is 4.79 Å². The Labute approximate surface area is 56.9 Å². The summed E-state index contributed by atoms with van der Waals surface area (Å²) in [5, 5.41) is 0. The van der Waals surface area contributed by atoms with Crippen LogP contribution in [0.3, 0.4) is 0 Å². The van der Waals surface area contributed by atoms with Crippen molar-refractivity contribution in [1.82, 2.24) is 4.90 Å². The summed E-state index contributed by atoms with van der Waals surface area (Å²) in [5.74, 6) is 0.667. The molecule has 0 heterocycles. The molecule has 0 atom stereocenters. The van der Waals surface area contributed by atoms with Crippen LogP contribution in [0.15, 0.2) is 0 Å². The van der Waals surface area contributed by atoms with Gasteiger partial charge in [-0.2, -0.15) is 0 Å². The van der Waals surface area contributed by atoms with E-state index in [-0.39, 0.29) is 0 Å². The molecule has 2 heteroatoms. The number of amides is 1. The van der Waals surface area contributed by atoms with Crippen LogP contribution in [0.2, 0.25) is 0 Å². The first kappa shape index (κ1) is 8.47. The van der Waals surface area contributed by atoms with E-state index in [0.717, 1.165) is 13.0 Å². The first-order chi connectivity index (χ1) is 4.16. The molecule has 0 aliphatic heterocycles. The van der Waals surface area contributed by atoms with Crippen LogP contribution in [-0.2, 0) is 4.79 Å². The van der Waals surface area contributed by atoms with Crippen LogP contribution in [-0.4, -0.2) is 24.9 Å². The Bertz CT molecular complexity index is 81.0. The first-order valence-electron chi connectivity index (χ1n) is 3.25. The van der Waals surface area contributed by atoms with Gasteiger partial charge in [0.05, 0.1) is 0 Å². The number of hydrogen-bond acceptors (Lipinski definition) is 1. The second-order valence-corrected chi connectivity index (χ2v) is 2.70. The number of nitrogens with zero attached hydrogens (tertiary/aromatic N) is 1. The van der Waals surface area contributed by atoms with Crippen LogP contribution in [0.25, 0.3) is 0 Å². The van der Waals surface area contributed by atoms with Crippen molar-refractivity contribution in [2.75, 3.05) is 13.6 Å². The maximum atomic E-state index is 9.92. The number of carbonyl (C=O) groups excluding carboxylic acids is 1. The van der Waals surface area contributed by atoms with Gasteiger partial charge in [0, 0.05) is 13.6 Å². The molecule has 0 aromatic carbocycles. The molecule has 0 spiro atoms. The average Bonchev–Trinajstić information content (AvgIpc) is 1.83. The summed E-state index contributed by atoms with van der Waals surface area (Å²) in [7, 11) is 1.75. The molecule has 0 fully saturated rings. The summed E-state index contributed by atoms with van der Waals surface area (Å²) in [6.45, 7) is 5.10. The van der Waals surface area contributed by atoms with Crippen LogP contribution in [0, 0.1) is 5.92 Å². The summed E-state index contributed by atoms with van der Waals surface area (Å²) in [4.78, 5) is 11.5. The maximum absolute atomic E-state index is 9.92. The van der Waals surface area contributed by atoms with Crippen molar-refractivity contribution in [3.8, 4) is 0 Å². The van der Waals surface area contributed by atoms with Crippen LogP contribution in [0.1, 0.15) is 20.3 Å². The van der Waals surface area contributed by atoms with E-state index in [1.807, 2.05) is 0 Å². The molecule has 2 nitrogen and oxygen atoms in total. The summed E-state index contributed by atoms with van der Waals surface area (Å²) in [6, 6.07) is 0. The molecule has 0 unspecified atom stereocenters. The van der Waals surface area contributed by atoms with Crippen LogP contribution >= 0.6 is 0 Å². The summed E-state index contributed by atoms with van der Waals surface area (Å²) in [6.07, 6.45) is 2.86. The fourth-order valence-corrected chi connectivity index (χ4v) is 0.497. The molecular formula is C7H14NO. The van der Waals surface area contributed by atoms with E-state index in [1.165, 1.54) is 0 Å². The Hall–Kier alpha value is -0.530. The zero-order valence-corrected chi connectivity index (χ0v) is 6.35. The van der Waals surface area contributed by atoms with E-state index in [1.54, 1.807) is 18.4 Å². The zero-order chi connectivity index (χ0) is 7.28. The molecule has 0 N–H and O–H groups in total. The molecule has 1 amide bonds. The standard InChI is InChI=1S/C7H14NO/c1-7(2)4-5-8(3)6-9/h7H,4-5H2,1-3H3. The molecule has 0 aliphatic carbocycles. The minimum Gasteiger partial charge on any atom is -0.338 e. The van der Waals surface area contributed by atoms with E-state index in [0.29, 0.717) is 5.92 Å². The average molecular weight is 128 g/mol. The second kappa shape index (κ2) is 4.36. The molecule has 0 saturated heterocycles. The Morgan fingerprint density at radius 2 is 2.11 bits per heavy atom. The predicted molar refractivity (Wildman–Crippen MR) is 37.8 cm³/mol. The monoisotopic (exact) mass is 128 g/mol. The maximum Gasteiger partial charge on any atom is 0.311 e. The Morgan fingerprint density at radius 3 is 2.44 bits per heavy atom. The first-order valence-corrected chi connectivity index (χ1v) is 3.25. The molecule has 0 aromatic heterocycles. The fraction of sp³-hybridized carbons (Fsp3) is 0.857. The van der Waals surface area contributed by atoms with E-state index in [4.69, 9.17) is 0 Å². The van der Waals surface area contributed by atoms with E-state index in [2.05, 4.69) is 13.8 Å². The second-order valence-electron chi connectivity index (χ2n) is 2.70. The van der Waals surface area contributed by atoms with Crippen molar-refractivity contribution >= 4 is 6.41 Å². The Kier molecular flexibility index (Phi) is 4.10. The number of rotatable bonds is 4. The Morgan fingerprint density at radius 1 is 1.56 bits per heavy atom. The molecule has 0 saturated carbocycles. The van der Waals surface area contributed by atoms with E-state index >= 15 is 0 Å².